The minimum absolute atomic E-state index is 0.244. The molecule has 0 N–H and O–H groups in total. The molecule has 0 bridgehead atoms. The van der Waals surface area contributed by atoms with Crippen LogP contribution in [0.3, 0.4) is 0 Å². The van der Waals surface area contributed by atoms with Crippen molar-refractivity contribution in [1.29, 1.82) is 5.26 Å². The molecule has 0 unspecified atom stereocenters. The van der Waals surface area contributed by atoms with Crippen molar-refractivity contribution < 1.29 is 4.74 Å². The number of rotatable bonds is 2. The van der Waals surface area contributed by atoms with Gasteiger partial charge in [-0.15, -0.1) is 0 Å². The van der Waals surface area contributed by atoms with Gasteiger partial charge in [0.05, 0.1) is 6.07 Å². The fraction of sp³-hybridized carbons (Fsp3) is 0.700. The molecule has 0 amide bonds. The van der Waals surface area contributed by atoms with Crippen molar-refractivity contribution in [2.24, 2.45) is 5.41 Å². The zero-order chi connectivity index (χ0) is 8.86. The molecule has 1 fully saturated rings. The first-order valence-electron chi connectivity index (χ1n) is 4.48. The van der Waals surface area contributed by atoms with Crippen LogP contribution in [0.1, 0.15) is 26.2 Å². The van der Waals surface area contributed by atoms with Crippen LogP contribution in [0.15, 0.2) is 12.2 Å². The molecule has 2 nitrogen and oxygen atoms in total. The summed E-state index contributed by atoms with van der Waals surface area (Å²) in [6, 6.07) is 2.05. The number of allylic oxidation sites excluding steroid dienone is 2. The highest BCUT2D eigenvalue weighted by Gasteiger charge is 2.27. The van der Waals surface area contributed by atoms with E-state index in [1.165, 1.54) is 0 Å². The van der Waals surface area contributed by atoms with Gasteiger partial charge in [0, 0.05) is 19.3 Å². The first-order chi connectivity index (χ1) is 5.83. The number of hydrogen-bond donors (Lipinski definition) is 0. The number of nitrogens with zero attached hydrogens (tertiary/aromatic N) is 1. The maximum Gasteiger partial charge on any atom is 0.0908 e. The summed E-state index contributed by atoms with van der Waals surface area (Å²) in [5, 5.41) is 8.44. The summed E-state index contributed by atoms with van der Waals surface area (Å²) in [4.78, 5) is 0. The van der Waals surface area contributed by atoms with Crippen LogP contribution in [0, 0.1) is 16.7 Å². The second kappa shape index (κ2) is 4.27. The van der Waals surface area contributed by atoms with Gasteiger partial charge in [-0.2, -0.15) is 5.26 Å². The predicted molar refractivity (Wildman–Crippen MR) is 47.5 cm³/mol. The molecule has 0 atom stereocenters. The van der Waals surface area contributed by atoms with Crippen molar-refractivity contribution in [3.63, 3.8) is 0 Å². The summed E-state index contributed by atoms with van der Waals surface area (Å²) in [5.41, 5.74) is 0.244. The molecule has 66 valence electrons. The first kappa shape index (κ1) is 9.28. The molecule has 0 aromatic rings. The van der Waals surface area contributed by atoms with Crippen LogP contribution in [0.5, 0.6) is 0 Å². The van der Waals surface area contributed by atoms with Crippen molar-refractivity contribution in [3.8, 4) is 6.07 Å². The molecule has 0 spiro atoms. The lowest BCUT2D eigenvalue weighted by Gasteiger charge is -2.33. The maximum absolute atomic E-state index is 8.44. The highest BCUT2D eigenvalue weighted by molar-refractivity contribution is 5.09. The van der Waals surface area contributed by atoms with Crippen LogP contribution >= 0.6 is 0 Å². The Labute approximate surface area is 73.8 Å². The van der Waals surface area contributed by atoms with E-state index in [0.29, 0.717) is 0 Å². The Bertz CT molecular complexity index is 196. The summed E-state index contributed by atoms with van der Waals surface area (Å²) < 4.78 is 5.29. The van der Waals surface area contributed by atoms with Gasteiger partial charge in [0.1, 0.15) is 0 Å². The van der Waals surface area contributed by atoms with E-state index in [-0.39, 0.29) is 5.41 Å². The lowest BCUT2D eigenvalue weighted by atomic mass is 9.78. The summed E-state index contributed by atoms with van der Waals surface area (Å²) in [6.07, 6.45) is 6.88. The molecular formula is C10H15NO. The van der Waals surface area contributed by atoms with E-state index in [2.05, 4.69) is 19.1 Å². The molecule has 1 aliphatic heterocycles. The van der Waals surface area contributed by atoms with E-state index in [9.17, 15) is 0 Å². The monoisotopic (exact) mass is 165 g/mol. The average Bonchev–Trinajstić information content (AvgIpc) is 2.16. The molecule has 0 aromatic carbocycles. The van der Waals surface area contributed by atoms with Gasteiger partial charge in [0.2, 0.25) is 0 Å². The van der Waals surface area contributed by atoms with Crippen molar-refractivity contribution in [1.82, 2.24) is 0 Å². The predicted octanol–water partition coefficient (Wildman–Crippen LogP) is 2.27. The Hall–Kier alpha value is -0.810. The zero-order valence-electron chi connectivity index (χ0n) is 7.55. The van der Waals surface area contributed by atoms with Gasteiger partial charge in [-0.25, -0.2) is 0 Å². The van der Waals surface area contributed by atoms with E-state index in [4.69, 9.17) is 10.00 Å². The Morgan fingerprint density at radius 2 is 2.17 bits per heavy atom. The Morgan fingerprint density at radius 1 is 1.50 bits per heavy atom. The molecular weight excluding hydrogens is 150 g/mol. The smallest absolute Gasteiger partial charge is 0.0908 e. The lowest BCUT2D eigenvalue weighted by Crippen LogP contribution is -2.26. The van der Waals surface area contributed by atoms with Crippen LogP contribution in [0.4, 0.5) is 0 Å². The van der Waals surface area contributed by atoms with E-state index in [1.54, 1.807) is 6.08 Å². The van der Waals surface area contributed by atoms with Crippen molar-refractivity contribution in [2.75, 3.05) is 13.2 Å². The first-order valence-corrected chi connectivity index (χ1v) is 4.48. The second-order valence-corrected chi connectivity index (χ2v) is 3.29. The Kier molecular flexibility index (Phi) is 3.31. The largest absolute Gasteiger partial charge is 0.381 e. The molecule has 1 rings (SSSR count). The zero-order valence-corrected chi connectivity index (χ0v) is 7.55. The van der Waals surface area contributed by atoms with Gasteiger partial charge >= 0.3 is 0 Å². The van der Waals surface area contributed by atoms with E-state index in [0.717, 1.165) is 32.5 Å². The van der Waals surface area contributed by atoms with Gasteiger partial charge in [-0.3, -0.25) is 0 Å². The van der Waals surface area contributed by atoms with E-state index < -0.39 is 0 Å². The lowest BCUT2D eigenvalue weighted by molar-refractivity contribution is 0.0357. The molecule has 1 aliphatic rings. The minimum atomic E-state index is 0.244. The van der Waals surface area contributed by atoms with Crippen LogP contribution in [0.25, 0.3) is 0 Å². The standard InChI is InChI=1S/C10H15NO/c1-2-10(4-3-7-11)5-8-12-9-6-10/h3-4H,2,5-6,8-9H2,1H3. The highest BCUT2D eigenvalue weighted by Crippen LogP contribution is 2.35. The third kappa shape index (κ3) is 2.09. The number of ether oxygens (including phenoxy) is 1. The Balaban J connectivity index is 2.61. The quantitative estimate of drug-likeness (QED) is 0.588. The summed E-state index contributed by atoms with van der Waals surface area (Å²) in [7, 11) is 0. The van der Waals surface area contributed by atoms with Crippen LogP contribution in [-0.4, -0.2) is 13.2 Å². The topological polar surface area (TPSA) is 33.0 Å². The minimum Gasteiger partial charge on any atom is -0.381 e. The van der Waals surface area contributed by atoms with Gasteiger partial charge in [0.15, 0.2) is 0 Å². The van der Waals surface area contributed by atoms with Gasteiger partial charge < -0.3 is 4.74 Å². The molecule has 0 radical (unpaired) electrons. The fourth-order valence-corrected chi connectivity index (χ4v) is 1.63. The van der Waals surface area contributed by atoms with Crippen molar-refractivity contribution >= 4 is 0 Å². The number of nitriles is 1. The van der Waals surface area contributed by atoms with E-state index >= 15 is 0 Å². The highest BCUT2D eigenvalue weighted by atomic mass is 16.5. The summed E-state index contributed by atoms with van der Waals surface area (Å²) in [5.74, 6) is 0. The molecule has 0 aliphatic carbocycles. The third-order valence-electron chi connectivity index (χ3n) is 2.70. The van der Waals surface area contributed by atoms with E-state index in [1.807, 2.05) is 0 Å². The molecule has 12 heavy (non-hydrogen) atoms. The average molecular weight is 165 g/mol. The second-order valence-electron chi connectivity index (χ2n) is 3.29. The maximum atomic E-state index is 8.44. The SMILES string of the molecule is CCC1(C=CC#N)CCOCC1. The number of hydrogen-bond acceptors (Lipinski definition) is 2. The Morgan fingerprint density at radius 3 is 2.67 bits per heavy atom. The van der Waals surface area contributed by atoms with Gasteiger partial charge in [0.25, 0.3) is 0 Å². The molecule has 2 heteroatoms. The van der Waals surface area contributed by atoms with Gasteiger partial charge in [-0.1, -0.05) is 13.0 Å². The molecule has 1 heterocycles. The van der Waals surface area contributed by atoms with Crippen LogP contribution < -0.4 is 0 Å². The fourth-order valence-electron chi connectivity index (χ4n) is 1.63. The third-order valence-corrected chi connectivity index (χ3v) is 2.70. The summed E-state index contributed by atoms with van der Waals surface area (Å²) >= 11 is 0. The van der Waals surface area contributed by atoms with Crippen LogP contribution in [-0.2, 0) is 4.74 Å². The van der Waals surface area contributed by atoms with Gasteiger partial charge in [-0.05, 0) is 24.7 Å². The molecule has 1 saturated heterocycles. The normalized spacial score (nSPS) is 22.3. The molecule has 0 saturated carbocycles. The van der Waals surface area contributed by atoms with Crippen molar-refractivity contribution in [2.45, 2.75) is 26.2 Å². The molecule has 0 aromatic heterocycles. The van der Waals surface area contributed by atoms with Crippen molar-refractivity contribution in [3.05, 3.63) is 12.2 Å². The van der Waals surface area contributed by atoms with Crippen LogP contribution in [0.2, 0.25) is 0 Å². The summed E-state index contributed by atoms with van der Waals surface area (Å²) in [6.45, 7) is 3.85.